The molecule has 0 bridgehead atoms. The molecule has 1 saturated heterocycles. The minimum atomic E-state index is -0.0841. The van der Waals surface area contributed by atoms with Gasteiger partial charge in [-0.3, -0.25) is 9.69 Å². The largest absolute Gasteiger partial charge is 0.344 e. The lowest BCUT2D eigenvalue weighted by molar-refractivity contribution is -0.117. The standard InChI is InChI=1S/C17H22ClN5O2/c1-11-6-7-12(9-13(11)18)19-15(24)10-23-8-4-5-14(23)16-20-17(21-25-16)22(2)3/h6-7,9,14H,4-5,8,10H2,1-3H3,(H,19,24)/t14-/m1/s1. The Kier molecular flexibility index (Phi) is 5.24. The number of nitrogens with zero attached hydrogens (tertiary/aromatic N) is 4. The highest BCUT2D eigenvalue weighted by molar-refractivity contribution is 6.31. The predicted octanol–water partition coefficient (Wildman–Crippen LogP) is 2.87. The van der Waals surface area contributed by atoms with Crippen LogP contribution in [0.3, 0.4) is 0 Å². The zero-order valence-electron chi connectivity index (χ0n) is 14.6. The van der Waals surface area contributed by atoms with E-state index in [-0.39, 0.29) is 18.5 Å². The first-order valence-electron chi connectivity index (χ1n) is 8.25. The molecule has 0 saturated carbocycles. The van der Waals surface area contributed by atoms with Gasteiger partial charge in [-0.1, -0.05) is 17.7 Å². The number of rotatable bonds is 5. The van der Waals surface area contributed by atoms with E-state index in [0.717, 1.165) is 24.9 Å². The molecule has 0 spiro atoms. The minimum Gasteiger partial charge on any atom is -0.344 e. The van der Waals surface area contributed by atoms with E-state index in [4.69, 9.17) is 16.1 Å². The number of anilines is 2. The van der Waals surface area contributed by atoms with Crippen LogP contribution in [-0.2, 0) is 4.79 Å². The number of benzene rings is 1. The van der Waals surface area contributed by atoms with Crippen LogP contribution in [0.1, 0.15) is 30.3 Å². The van der Waals surface area contributed by atoms with Crippen LogP contribution in [0, 0.1) is 6.92 Å². The summed E-state index contributed by atoms with van der Waals surface area (Å²) in [6, 6.07) is 5.48. The molecule has 1 N–H and O–H groups in total. The van der Waals surface area contributed by atoms with Crippen molar-refractivity contribution in [1.82, 2.24) is 15.0 Å². The van der Waals surface area contributed by atoms with E-state index in [1.54, 1.807) is 11.0 Å². The van der Waals surface area contributed by atoms with Crippen LogP contribution in [0.15, 0.2) is 22.7 Å². The molecule has 8 heteroatoms. The van der Waals surface area contributed by atoms with E-state index < -0.39 is 0 Å². The summed E-state index contributed by atoms with van der Waals surface area (Å²) in [7, 11) is 3.72. The van der Waals surface area contributed by atoms with Crippen molar-refractivity contribution < 1.29 is 9.32 Å². The number of aryl methyl sites for hydroxylation is 1. The first-order chi connectivity index (χ1) is 11.9. The minimum absolute atomic E-state index is 0.0199. The smallest absolute Gasteiger partial charge is 0.265 e. The maximum absolute atomic E-state index is 12.4. The highest BCUT2D eigenvalue weighted by atomic mass is 35.5. The second-order valence-corrected chi connectivity index (χ2v) is 6.87. The Balaban J connectivity index is 1.64. The third kappa shape index (κ3) is 4.11. The van der Waals surface area contributed by atoms with Gasteiger partial charge in [-0.05, 0) is 49.2 Å². The molecule has 1 aliphatic rings. The maximum Gasteiger partial charge on any atom is 0.265 e. The fraction of sp³-hybridized carbons (Fsp3) is 0.471. The third-order valence-corrected chi connectivity index (χ3v) is 4.69. The van der Waals surface area contributed by atoms with Crippen molar-refractivity contribution in [2.24, 2.45) is 0 Å². The third-order valence-electron chi connectivity index (χ3n) is 4.28. The normalized spacial score (nSPS) is 17.7. The first-order valence-corrected chi connectivity index (χ1v) is 8.63. The Bertz CT molecular complexity index is 761. The van der Waals surface area contributed by atoms with Crippen molar-refractivity contribution in [3.05, 3.63) is 34.7 Å². The van der Waals surface area contributed by atoms with Crippen molar-refractivity contribution in [3.8, 4) is 0 Å². The van der Waals surface area contributed by atoms with Gasteiger partial charge >= 0.3 is 0 Å². The molecule has 1 aromatic carbocycles. The lowest BCUT2D eigenvalue weighted by atomic mass is 10.2. The number of aromatic nitrogens is 2. The molecule has 0 unspecified atom stereocenters. The summed E-state index contributed by atoms with van der Waals surface area (Å²) in [5.74, 6) is 1.02. The fourth-order valence-electron chi connectivity index (χ4n) is 2.89. The van der Waals surface area contributed by atoms with Gasteiger partial charge in [-0.15, -0.1) is 0 Å². The predicted molar refractivity (Wildman–Crippen MR) is 97.0 cm³/mol. The summed E-state index contributed by atoms with van der Waals surface area (Å²) in [6.45, 7) is 3.03. The molecule has 2 aromatic rings. The van der Waals surface area contributed by atoms with Gasteiger partial charge in [0.2, 0.25) is 11.8 Å². The molecular weight excluding hydrogens is 342 g/mol. The Hall–Kier alpha value is -2.12. The van der Waals surface area contributed by atoms with Gasteiger partial charge < -0.3 is 14.7 Å². The molecule has 2 heterocycles. The van der Waals surface area contributed by atoms with Gasteiger partial charge in [-0.2, -0.15) is 4.98 Å². The summed E-state index contributed by atoms with van der Waals surface area (Å²) in [5.41, 5.74) is 1.68. The Labute approximate surface area is 151 Å². The molecule has 1 fully saturated rings. The van der Waals surface area contributed by atoms with Gasteiger partial charge in [0.05, 0.1) is 12.6 Å². The molecular formula is C17H22ClN5O2. The average Bonchev–Trinajstić information content (AvgIpc) is 3.19. The number of carbonyl (C=O) groups is 1. The van der Waals surface area contributed by atoms with Gasteiger partial charge in [0.25, 0.3) is 5.95 Å². The number of nitrogens with one attached hydrogen (secondary N) is 1. The average molecular weight is 364 g/mol. The molecule has 25 heavy (non-hydrogen) atoms. The van der Waals surface area contributed by atoms with Crippen molar-refractivity contribution in [2.45, 2.75) is 25.8 Å². The highest BCUT2D eigenvalue weighted by Gasteiger charge is 2.32. The Morgan fingerprint density at radius 2 is 2.28 bits per heavy atom. The number of halogens is 1. The molecule has 1 amide bonds. The quantitative estimate of drug-likeness (QED) is 0.880. The number of hydrogen-bond acceptors (Lipinski definition) is 6. The SMILES string of the molecule is Cc1ccc(NC(=O)CN2CCC[C@@H]2c2nc(N(C)C)no2)cc1Cl. The van der Waals surface area contributed by atoms with E-state index in [2.05, 4.69) is 20.4 Å². The van der Waals surface area contributed by atoms with E-state index in [1.165, 1.54) is 0 Å². The van der Waals surface area contributed by atoms with E-state index in [0.29, 0.717) is 22.5 Å². The van der Waals surface area contributed by atoms with Crippen molar-refractivity contribution in [3.63, 3.8) is 0 Å². The fourth-order valence-corrected chi connectivity index (χ4v) is 3.08. The summed E-state index contributed by atoms with van der Waals surface area (Å²) in [6.07, 6.45) is 1.90. The first kappa shape index (κ1) is 17.7. The molecule has 7 nitrogen and oxygen atoms in total. The summed E-state index contributed by atoms with van der Waals surface area (Å²) >= 11 is 6.11. The van der Waals surface area contributed by atoms with Crippen LogP contribution in [-0.4, -0.2) is 48.1 Å². The molecule has 1 aromatic heterocycles. The summed E-state index contributed by atoms with van der Waals surface area (Å²) < 4.78 is 5.38. The molecule has 134 valence electrons. The second kappa shape index (κ2) is 7.41. The van der Waals surface area contributed by atoms with Gasteiger partial charge in [0.1, 0.15) is 0 Å². The lowest BCUT2D eigenvalue weighted by Gasteiger charge is -2.20. The van der Waals surface area contributed by atoms with Crippen LogP contribution in [0.5, 0.6) is 0 Å². The number of hydrogen-bond donors (Lipinski definition) is 1. The zero-order valence-corrected chi connectivity index (χ0v) is 15.4. The summed E-state index contributed by atoms with van der Waals surface area (Å²) in [4.78, 5) is 20.7. The van der Waals surface area contributed by atoms with Gasteiger partial charge in [0.15, 0.2) is 0 Å². The van der Waals surface area contributed by atoms with Crippen LogP contribution in [0.4, 0.5) is 11.6 Å². The monoisotopic (exact) mass is 363 g/mol. The van der Waals surface area contributed by atoms with Crippen LogP contribution >= 0.6 is 11.6 Å². The second-order valence-electron chi connectivity index (χ2n) is 6.47. The van der Waals surface area contributed by atoms with Gasteiger partial charge in [-0.25, -0.2) is 0 Å². The topological polar surface area (TPSA) is 74.5 Å². The molecule has 1 atom stereocenters. The number of amides is 1. The Morgan fingerprint density at radius 3 is 2.96 bits per heavy atom. The summed E-state index contributed by atoms with van der Waals surface area (Å²) in [5, 5.41) is 7.49. The zero-order chi connectivity index (χ0) is 18.0. The van der Waals surface area contributed by atoms with E-state index in [9.17, 15) is 4.79 Å². The van der Waals surface area contributed by atoms with Crippen LogP contribution in [0.2, 0.25) is 5.02 Å². The molecule has 3 rings (SSSR count). The van der Waals surface area contributed by atoms with Crippen molar-refractivity contribution >= 4 is 29.1 Å². The van der Waals surface area contributed by atoms with Crippen molar-refractivity contribution in [2.75, 3.05) is 37.4 Å². The van der Waals surface area contributed by atoms with Crippen LogP contribution < -0.4 is 10.2 Å². The highest BCUT2D eigenvalue weighted by Crippen LogP contribution is 2.31. The molecule has 0 radical (unpaired) electrons. The number of likely N-dealkylation sites (tertiary alicyclic amines) is 1. The maximum atomic E-state index is 12.4. The van der Waals surface area contributed by atoms with E-state index in [1.807, 2.05) is 33.2 Å². The van der Waals surface area contributed by atoms with E-state index >= 15 is 0 Å². The number of carbonyl (C=O) groups excluding carboxylic acids is 1. The molecule has 0 aliphatic carbocycles. The molecule has 1 aliphatic heterocycles. The van der Waals surface area contributed by atoms with Crippen LogP contribution in [0.25, 0.3) is 0 Å². The van der Waals surface area contributed by atoms with Gasteiger partial charge in [0, 0.05) is 24.8 Å². The lowest BCUT2D eigenvalue weighted by Crippen LogP contribution is -2.33. The Morgan fingerprint density at radius 1 is 1.48 bits per heavy atom. The van der Waals surface area contributed by atoms with Crippen molar-refractivity contribution in [1.29, 1.82) is 0 Å².